The third-order valence-electron chi connectivity index (χ3n) is 3.22. The first-order chi connectivity index (χ1) is 10.3. The molecule has 1 aromatic heterocycles. The van der Waals surface area contributed by atoms with Gasteiger partial charge in [-0.05, 0) is 36.4 Å². The van der Waals surface area contributed by atoms with Gasteiger partial charge in [0.15, 0.2) is 5.78 Å². The molecule has 21 heavy (non-hydrogen) atoms. The maximum absolute atomic E-state index is 13.0. The van der Waals surface area contributed by atoms with E-state index in [1.54, 1.807) is 12.3 Å². The van der Waals surface area contributed by atoms with Gasteiger partial charge in [0.1, 0.15) is 5.82 Å². The van der Waals surface area contributed by atoms with Crippen molar-refractivity contribution in [3.63, 3.8) is 0 Å². The zero-order valence-electron chi connectivity index (χ0n) is 11.2. The van der Waals surface area contributed by atoms with Crippen LogP contribution in [-0.2, 0) is 0 Å². The van der Waals surface area contributed by atoms with E-state index < -0.39 is 0 Å². The van der Waals surface area contributed by atoms with E-state index in [9.17, 15) is 9.18 Å². The van der Waals surface area contributed by atoms with Gasteiger partial charge in [0.05, 0.1) is 5.69 Å². The molecule has 0 spiro atoms. The molecule has 3 rings (SSSR count). The Hall–Kier alpha value is -2.81. The minimum Gasteiger partial charge on any atom is -0.289 e. The highest BCUT2D eigenvalue weighted by molar-refractivity contribution is 6.12. The van der Waals surface area contributed by atoms with Crippen molar-refractivity contribution in [1.82, 2.24) is 4.98 Å². The molecule has 0 saturated carbocycles. The lowest BCUT2D eigenvalue weighted by molar-refractivity contribution is 0.103. The Kier molecular flexibility index (Phi) is 3.56. The van der Waals surface area contributed by atoms with Gasteiger partial charge in [-0.1, -0.05) is 30.3 Å². The molecule has 2 aromatic carbocycles. The molecule has 3 heteroatoms. The summed E-state index contributed by atoms with van der Waals surface area (Å²) >= 11 is 0. The van der Waals surface area contributed by atoms with Gasteiger partial charge in [0.2, 0.25) is 0 Å². The van der Waals surface area contributed by atoms with Gasteiger partial charge in [-0.15, -0.1) is 0 Å². The summed E-state index contributed by atoms with van der Waals surface area (Å²) in [6, 6.07) is 18.4. The minimum absolute atomic E-state index is 0.142. The van der Waals surface area contributed by atoms with Crippen LogP contribution in [0.25, 0.3) is 11.3 Å². The molecule has 102 valence electrons. The first kappa shape index (κ1) is 13.2. The monoisotopic (exact) mass is 277 g/mol. The van der Waals surface area contributed by atoms with E-state index in [0.29, 0.717) is 11.1 Å². The number of benzene rings is 2. The zero-order chi connectivity index (χ0) is 14.7. The Bertz CT molecular complexity index is 767. The van der Waals surface area contributed by atoms with Crippen molar-refractivity contribution in [3.8, 4) is 11.3 Å². The molecule has 0 N–H and O–H groups in total. The molecular formula is C18H12FNO. The van der Waals surface area contributed by atoms with Crippen LogP contribution < -0.4 is 0 Å². The fraction of sp³-hybridized carbons (Fsp3) is 0. The van der Waals surface area contributed by atoms with Gasteiger partial charge >= 0.3 is 0 Å². The van der Waals surface area contributed by atoms with Crippen LogP contribution in [0.1, 0.15) is 15.9 Å². The summed E-state index contributed by atoms with van der Waals surface area (Å²) in [4.78, 5) is 16.9. The SMILES string of the molecule is O=C(c1ccc(F)cc1)c1ccccc1-c1ccccn1. The van der Waals surface area contributed by atoms with Crippen LogP contribution in [0, 0.1) is 5.82 Å². The third kappa shape index (κ3) is 2.72. The second-order valence-corrected chi connectivity index (χ2v) is 4.60. The van der Waals surface area contributed by atoms with Crippen LogP contribution in [-0.4, -0.2) is 10.8 Å². The molecule has 2 nitrogen and oxygen atoms in total. The fourth-order valence-electron chi connectivity index (χ4n) is 2.18. The predicted molar refractivity (Wildman–Crippen MR) is 79.5 cm³/mol. The molecule has 3 aromatic rings. The average molecular weight is 277 g/mol. The molecule has 0 saturated heterocycles. The smallest absolute Gasteiger partial charge is 0.193 e. The molecule has 0 aliphatic rings. The molecule has 0 atom stereocenters. The maximum Gasteiger partial charge on any atom is 0.193 e. The van der Waals surface area contributed by atoms with Crippen LogP contribution in [0.15, 0.2) is 72.9 Å². The molecule has 0 radical (unpaired) electrons. The highest BCUT2D eigenvalue weighted by Gasteiger charge is 2.14. The van der Waals surface area contributed by atoms with E-state index >= 15 is 0 Å². The Labute approximate surface area is 121 Å². The zero-order valence-corrected chi connectivity index (χ0v) is 11.2. The summed E-state index contributed by atoms with van der Waals surface area (Å²) in [5.74, 6) is -0.499. The Morgan fingerprint density at radius 1 is 0.857 bits per heavy atom. The second kappa shape index (κ2) is 5.67. The van der Waals surface area contributed by atoms with E-state index in [1.807, 2.05) is 36.4 Å². The van der Waals surface area contributed by atoms with Crippen LogP contribution in [0.2, 0.25) is 0 Å². The molecule has 0 fully saturated rings. The minimum atomic E-state index is -0.357. The number of carbonyl (C=O) groups excluding carboxylic acids is 1. The van der Waals surface area contributed by atoms with Gasteiger partial charge in [-0.25, -0.2) is 4.39 Å². The maximum atomic E-state index is 13.0. The molecular weight excluding hydrogens is 265 g/mol. The van der Waals surface area contributed by atoms with E-state index in [0.717, 1.165) is 11.3 Å². The lowest BCUT2D eigenvalue weighted by Gasteiger charge is -2.08. The summed E-state index contributed by atoms with van der Waals surface area (Å²) in [7, 11) is 0. The van der Waals surface area contributed by atoms with Crippen LogP contribution in [0.4, 0.5) is 4.39 Å². The predicted octanol–water partition coefficient (Wildman–Crippen LogP) is 4.12. The Balaban J connectivity index is 2.07. The van der Waals surface area contributed by atoms with Crippen LogP contribution >= 0.6 is 0 Å². The average Bonchev–Trinajstić information content (AvgIpc) is 2.56. The first-order valence-electron chi connectivity index (χ1n) is 6.56. The Morgan fingerprint density at radius 3 is 2.29 bits per heavy atom. The molecule has 1 heterocycles. The number of nitrogens with zero attached hydrogens (tertiary/aromatic N) is 1. The fourth-order valence-corrected chi connectivity index (χ4v) is 2.18. The number of halogens is 1. The van der Waals surface area contributed by atoms with Gasteiger partial charge in [-0.2, -0.15) is 0 Å². The summed E-state index contributed by atoms with van der Waals surface area (Å²) in [6.07, 6.45) is 1.69. The van der Waals surface area contributed by atoms with Crippen LogP contribution in [0.3, 0.4) is 0 Å². The highest BCUT2D eigenvalue weighted by atomic mass is 19.1. The summed E-state index contributed by atoms with van der Waals surface area (Å²) in [5, 5.41) is 0. The quantitative estimate of drug-likeness (QED) is 0.674. The van der Waals surface area contributed by atoms with Crippen molar-refractivity contribution in [2.45, 2.75) is 0 Å². The molecule has 0 amide bonds. The van der Waals surface area contributed by atoms with E-state index in [-0.39, 0.29) is 11.6 Å². The summed E-state index contributed by atoms with van der Waals surface area (Å²) in [5.41, 5.74) is 2.53. The van der Waals surface area contributed by atoms with Crippen molar-refractivity contribution < 1.29 is 9.18 Å². The normalized spacial score (nSPS) is 10.3. The van der Waals surface area contributed by atoms with E-state index in [2.05, 4.69) is 4.98 Å². The number of aromatic nitrogens is 1. The van der Waals surface area contributed by atoms with Gasteiger partial charge in [0.25, 0.3) is 0 Å². The topological polar surface area (TPSA) is 30.0 Å². The second-order valence-electron chi connectivity index (χ2n) is 4.60. The number of hydrogen-bond acceptors (Lipinski definition) is 2. The van der Waals surface area contributed by atoms with Crippen molar-refractivity contribution in [2.24, 2.45) is 0 Å². The number of ketones is 1. The van der Waals surface area contributed by atoms with Crippen molar-refractivity contribution in [1.29, 1.82) is 0 Å². The lowest BCUT2D eigenvalue weighted by Crippen LogP contribution is -2.04. The number of pyridine rings is 1. The largest absolute Gasteiger partial charge is 0.289 e. The first-order valence-corrected chi connectivity index (χ1v) is 6.56. The third-order valence-corrected chi connectivity index (χ3v) is 3.22. The van der Waals surface area contributed by atoms with Gasteiger partial charge in [0, 0.05) is 22.9 Å². The van der Waals surface area contributed by atoms with Crippen LogP contribution in [0.5, 0.6) is 0 Å². The number of carbonyl (C=O) groups is 1. The van der Waals surface area contributed by atoms with Gasteiger partial charge in [-0.3, -0.25) is 9.78 Å². The van der Waals surface area contributed by atoms with E-state index in [4.69, 9.17) is 0 Å². The molecule has 0 aliphatic heterocycles. The molecule has 0 aliphatic carbocycles. The molecule has 0 bridgehead atoms. The van der Waals surface area contributed by atoms with E-state index in [1.165, 1.54) is 24.3 Å². The molecule has 0 unspecified atom stereocenters. The number of hydrogen-bond donors (Lipinski definition) is 0. The lowest BCUT2D eigenvalue weighted by atomic mass is 9.96. The Morgan fingerprint density at radius 2 is 1.57 bits per heavy atom. The van der Waals surface area contributed by atoms with Crippen molar-refractivity contribution in [2.75, 3.05) is 0 Å². The number of rotatable bonds is 3. The summed E-state index contributed by atoms with van der Waals surface area (Å²) < 4.78 is 13.0. The summed E-state index contributed by atoms with van der Waals surface area (Å²) in [6.45, 7) is 0. The van der Waals surface area contributed by atoms with Crippen molar-refractivity contribution in [3.05, 3.63) is 89.9 Å². The highest BCUT2D eigenvalue weighted by Crippen LogP contribution is 2.23. The van der Waals surface area contributed by atoms with Crippen molar-refractivity contribution >= 4 is 5.78 Å². The van der Waals surface area contributed by atoms with Gasteiger partial charge < -0.3 is 0 Å². The standard InChI is InChI=1S/C18H12FNO/c19-14-10-8-13(9-11-14)18(21)16-6-2-1-5-15(16)17-7-3-4-12-20-17/h1-12H.